The van der Waals surface area contributed by atoms with Gasteiger partial charge in [0.2, 0.25) is 0 Å². The largest absolute Gasteiger partial charge is 0.345 e. The van der Waals surface area contributed by atoms with Gasteiger partial charge in [-0.15, -0.1) is 0 Å². The second kappa shape index (κ2) is 5.20. The fourth-order valence-corrected chi connectivity index (χ4v) is 1.39. The Morgan fingerprint density at radius 1 is 1.41 bits per heavy atom. The normalized spacial score (nSPS) is 9.76. The molecule has 0 aliphatic carbocycles. The lowest BCUT2D eigenvalue weighted by Crippen LogP contribution is -2.29. The predicted molar refractivity (Wildman–Crippen MR) is 60.8 cm³/mol. The fourth-order valence-electron chi connectivity index (χ4n) is 1.39. The summed E-state index contributed by atoms with van der Waals surface area (Å²) in [4.78, 5) is 32.6. The molecule has 0 heterocycles. The minimum absolute atomic E-state index is 0.00116. The third kappa shape index (κ3) is 3.10. The van der Waals surface area contributed by atoms with E-state index < -0.39 is 10.8 Å². The molecule has 6 heteroatoms. The van der Waals surface area contributed by atoms with Gasteiger partial charge in [-0.3, -0.25) is 19.7 Å². The van der Waals surface area contributed by atoms with Crippen molar-refractivity contribution in [1.29, 1.82) is 0 Å². The lowest BCUT2D eigenvalue weighted by molar-refractivity contribution is -0.385. The van der Waals surface area contributed by atoms with Gasteiger partial charge in [-0.05, 0) is 19.4 Å². The first-order valence-electron chi connectivity index (χ1n) is 4.95. The molecule has 0 unspecified atom stereocenters. The molecule has 0 saturated carbocycles. The number of carbonyl (C=O) groups excluding carboxylic acids is 2. The highest BCUT2D eigenvalue weighted by atomic mass is 16.6. The van der Waals surface area contributed by atoms with E-state index in [0.29, 0.717) is 5.56 Å². The summed E-state index contributed by atoms with van der Waals surface area (Å²) in [6.45, 7) is 2.80. The number of nitrogens with one attached hydrogen (secondary N) is 1. The molecule has 1 rings (SSSR count). The third-order valence-corrected chi connectivity index (χ3v) is 2.17. The molecule has 0 fully saturated rings. The molecule has 0 bridgehead atoms. The average Bonchev–Trinajstić information content (AvgIpc) is 2.25. The summed E-state index contributed by atoms with van der Waals surface area (Å²) in [7, 11) is 0. The van der Waals surface area contributed by atoms with Crippen molar-refractivity contribution in [2.45, 2.75) is 13.8 Å². The minimum Gasteiger partial charge on any atom is -0.345 e. The first-order valence-corrected chi connectivity index (χ1v) is 4.95. The molecule has 1 aromatic carbocycles. The molecule has 0 saturated heterocycles. The molecule has 0 aliphatic rings. The highest BCUT2D eigenvalue weighted by molar-refractivity contribution is 6.01. The van der Waals surface area contributed by atoms with Crippen LogP contribution in [0.3, 0.4) is 0 Å². The predicted octanol–water partition coefficient (Wildman–Crippen LogP) is 1.22. The van der Waals surface area contributed by atoms with Crippen molar-refractivity contribution in [1.82, 2.24) is 5.32 Å². The van der Waals surface area contributed by atoms with Gasteiger partial charge >= 0.3 is 0 Å². The number of nitrogens with zero attached hydrogens (tertiary/aromatic N) is 1. The Kier molecular flexibility index (Phi) is 3.92. The second-order valence-corrected chi connectivity index (χ2v) is 3.61. The van der Waals surface area contributed by atoms with Gasteiger partial charge in [0.25, 0.3) is 11.6 Å². The fraction of sp³-hybridized carbons (Fsp3) is 0.273. The summed E-state index contributed by atoms with van der Waals surface area (Å²) >= 11 is 0. The third-order valence-electron chi connectivity index (χ3n) is 2.17. The maximum atomic E-state index is 11.7. The zero-order valence-corrected chi connectivity index (χ0v) is 9.52. The Hall–Kier alpha value is -2.24. The standard InChI is InChI=1S/C11H12N2O4/c1-7-4-3-5-9(13(16)17)10(7)11(15)12-6-8(2)14/h3-5H,6H2,1-2H3,(H,12,15). The Bertz CT molecular complexity index is 482. The topological polar surface area (TPSA) is 89.3 Å². The summed E-state index contributed by atoms with van der Waals surface area (Å²) in [5, 5.41) is 13.1. The summed E-state index contributed by atoms with van der Waals surface area (Å²) in [6, 6.07) is 4.38. The molecule has 6 nitrogen and oxygen atoms in total. The molecule has 1 aromatic rings. The first-order chi connectivity index (χ1) is 7.93. The SMILES string of the molecule is CC(=O)CNC(=O)c1c(C)cccc1[N+](=O)[O-]. The van der Waals surface area contributed by atoms with Crippen molar-refractivity contribution in [3.63, 3.8) is 0 Å². The van der Waals surface area contributed by atoms with Crippen LogP contribution < -0.4 is 5.32 Å². The van der Waals surface area contributed by atoms with Crippen LogP contribution in [0.15, 0.2) is 18.2 Å². The number of aryl methyl sites for hydroxylation is 1. The van der Waals surface area contributed by atoms with Crippen LogP contribution in [-0.2, 0) is 4.79 Å². The van der Waals surface area contributed by atoms with E-state index in [1.807, 2.05) is 0 Å². The summed E-state index contributed by atoms with van der Waals surface area (Å²) < 4.78 is 0. The number of rotatable bonds is 4. The van der Waals surface area contributed by atoms with Gasteiger partial charge in [0.15, 0.2) is 0 Å². The molecule has 17 heavy (non-hydrogen) atoms. The summed E-state index contributed by atoms with van der Waals surface area (Å²) in [5.74, 6) is -0.820. The van der Waals surface area contributed by atoms with E-state index in [9.17, 15) is 19.7 Å². The number of benzene rings is 1. The quantitative estimate of drug-likeness (QED) is 0.628. The molecule has 0 aromatic heterocycles. The van der Waals surface area contributed by atoms with Crippen LogP contribution in [0, 0.1) is 17.0 Å². The Morgan fingerprint density at radius 3 is 2.59 bits per heavy atom. The van der Waals surface area contributed by atoms with Gasteiger partial charge in [0, 0.05) is 6.07 Å². The molecule has 90 valence electrons. The lowest BCUT2D eigenvalue weighted by atomic mass is 10.1. The Morgan fingerprint density at radius 2 is 2.06 bits per heavy atom. The number of hydrogen-bond donors (Lipinski definition) is 1. The van der Waals surface area contributed by atoms with E-state index in [1.54, 1.807) is 13.0 Å². The number of nitro groups is 1. The molecule has 0 spiro atoms. The van der Waals surface area contributed by atoms with Gasteiger partial charge in [-0.1, -0.05) is 12.1 Å². The number of ketones is 1. The van der Waals surface area contributed by atoms with E-state index >= 15 is 0 Å². The van der Waals surface area contributed by atoms with Gasteiger partial charge < -0.3 is 5.32 Å². The number of amides is 1. The van der Waals surface area contributed by atoms with Crippen molar-refractivity contribution in [3.8, 4) is 0 Å². The van der Waals surface area contributed by atoms with Crippen LogP contribution in [0.2, 0.25) is 0 Å². The van der Waals surface area contributed by atoms with Gasteiger partial charge in [-0.2, -0.15) is 0 Å². The minimum atomic E-state index is -0.615. The van der Waals surface area contributed by atoms with Crippen LogP contribution in [-0.4, -0.2) is 23.2 Å². The molecule has 0 atom stereocenters. The van der Waals surface area contributed by atoms with Crippen LogP contribution in [0.25, 0.3) is 0 Å². The van der Waals surface area contributed by atoms with Gasteiger partial charge in [0.05, 0.1) is 11.5 Å². The summed E-state index contributed by atoms with van der Waals surface area (Å²) in [5.41, 5.74) is 0.241. The zero-order valence-electron chi connectivity index (χ0n) is 9.52. The Labute approximate surface area is 97.8 Å². The zero-order chi connectivity index (χ0) is 13.0. The average molecular weight is 236 g/mol. The van der Waals surface area contributed by atoms with Crippen molar-refractivity contribution in [3.05, 3.63) is 39.4 Å². The highest BCUT2D eigenvalue weighted by Crippen LogP contribution is 2.21. The van der Waals surface area contributed by atoms with E-state index in [2.05, 4.69) is 5.32 Å². The number of carbonyl (C=O) groups is 2. The van der Waals surface area contributed by atoms with E-state index in [-0.39, 0.29) is 23.6 Å². The molecule has 0 radical (unpaired) electrons. The molecule has 0 aliphatic heterocycles. The van der Waals surface area contributed by atoms with Crippen LogP contribution >= 0.6 is 0 Å². The summed E-state index contributed by atoms with van der Waals surface area (Å²) in [6.07, 6.45) is 0. The monoisotopic (exact) mass is 236 g/mol. The molecule has 1 amide bonds. The van der Waals surface area contributed by atoms with E-state index in [1.165, 1.54) is 19.1 Å². The number of hydrogen-bond acceptors (Lipinski definition) is 4. The van der Waals surface area contributed by atoms with Crippen molar-refractivity contribution < 1.29 is 14.5 Å². The van der Waals surface area contributed by atoms with Gasteiger partial charge in [0.1, 0.15) is 11.3 Å². The van der Waals surface area contributed by atoms with Crippen molar-refractivity contribution >= 4 is 17.4 Å². The Balaban J connectivity index is 3.07. The van der Waals surface area contributed by atoms with Gasteiger partial charge in [-0.25, -0.2) is 0 Å². The highest BCUT2D eigenvalue weighted by Gasteiger charge is 2.21. The van der Waals surface area contributed by atoms with Crippen LogP contribution in [0.1, 0.15) is 22.8 Å². The van der Waals surface area contributed by atoms with E-state index in [0.717, 1.165) is 0 Å². The maximum Gasteiger partial charge on any atom is 0.282 e. The maximum absolute atomic E-state index is 11.7. The lowest BCUT2D eigenvalue weighted by Gasteiger charge is -2.06. The second-order valence-electron chi connectivity index (χ2n) is 3.61. The molecular weight excluding hydrogens is 224 g/mol. The number of Topliss-reactive ketones (excluding diaryl/α,β-unsaturated/α-hetero) is 1. The van der Waals surface area contributed by atoms with Crippen molar-refractivity contribution in [2.24, 2.45) is 0 Å². The molecule has 1 N–H and O–H groups in total. The first kappa shape index (κ1) is 12.8. The van der Waals surface area contributed by atoms with Crippen molar-refractivity contribution in [2.75, 3.05) is 6.54 Å². The van der Waals surface area contributed by atoms with Crippen LogP contribution in [0.5, 0.6) is 0 Å². The van der Waals surface area contributed by atoms with Crippen LogP contribution in [0.4, 0.5) is 5.69 Å². The number of nitro benzene ring substituents is 1. The smallest absolute Gasteiger partial charge is 0.282 e. The van der Waals surface area contributed by atoms with E-state index in [4.69, 9.17) is 0 Å². The molecular formula is C11H12N2O4.